The Kier molecular flexibility index (Phi) is 4.68. The van der Waals surface area contributed by atoms with Gasteiger partial charge in [0, 0.05) is 36.9 Å². The standard InChI is InChI=1S/C18H24N4/c1-14(2)22-12-9-16(10-13-22)20-17-8-11-19-18(21-17)15-6-4-3-5-7-15/h3-8,11,14,16H,9-10,12-13H2,1-2H3,(H,19,20,21). The SMILES string of the molecule is CC(C)N1CCC(Nc2ccnc(-c3ccccc3)n2)CC1. The van der Waals surface area contributed by atoms with Crippen molar-refractivity contribution in [2.45, 2.75) is 38.8 Å². The van der Waals surface area contributed by atoms with Gasteiger partial charge in [0.15, 0.2) is 5.82 Å². The summed E-state index contributed by atoms with van der Waals surface area (Å²) in [7, 11) is 0. The molecule has 1 aliphatic rings. The summed E-state index contributed by atoms with van der Waals surface area (Å²) >= 11 is 0. The van der Waals surface area contributed by atoms with Gasteiger partial charge in [0.1, 0.15) is 5.82 Å². The second kappa shape index (κ2) is 6.88. The number of nitrogens with one attached hydrogen (secondary N) is 1. The molecule has 1 saturated heterocycles. The van der Waals surface area contributed by atoms with Crippen LogP contribution in [0.15, 0.2) is 42.6 Å². The van der Waals surface area contributed by atoms with Gasteiger partial charge in [0.25, 0.3) is 0 Å². The third kappa shape index (κ3) is 3.63. The van der Waals surface area contributed by atoms with Crippen LogP contribution in [0.2, 0.25) is 0 Å². The quantitative estimate of drug-likeness (QED) is 0.938. The van der Waals surface area contributed by atoms with Gasteiger partial charge in [0.2, 0.25) is 0 Å². The van der Waals surface area contributed by atoms with Gasteiger partial charge in [-0.15, -0.1) is 0 Å². The Hall–Kier alpha value is -1.94. The predicted molar refractivity (Wildman–Crippen MR) is 90.8 cm³/mol. The lowest BCUT2D eigenvalue weighted by Crippen LogP contribution is -2.42. The van der Waals surface area contributed by atoms with E-state index < -0.39 is 0 Å². The summed E-state index contributed by atoms with van der Waals surface area (Å²) in [6.45, 7) is 6.85. The molecular weight excluding hydrogens is 272 g/mol. The van der Waals surface area contributed by atoms with Crippen LogP contribution < -0.4 is 5.32 Å². The van der Waals surface area contributed by atoms with Crippen molar-refractivity contribution in [3.63, 3.8) is 0 Å². The molecule has 0 atom stereocenters. The molecular formula is C18H24N4. The van der Waals surface area contributed by atoms with Gasteiger partial charge in [0.05, 0.1) is 0 Å². The Balaban J connectivity index is 1.64. The minimum Gasteiger partial charge on any atom is -0.367 e. The topological polar surface area (TPSA) is 41.0 Å². The van der Waals surface area contributed by atoms with Crippen molar-refractivity contribution < 1.29 is 0 Å². The maximum absolute atomic E-state index is 4.66. The summed E-state index contributed by atoms with van der Waals surface area (Å²) in [6.07, 6.45) is 4.17. The van der Waals surface area contributed by atoms with Crippen molar-refractivity contribution in [2.24, 2.45) is 0 Å². The monoisotopic (exact) mass is 296 g/mol. The average Bonchev–Trinajstić information content (AvgIpc) is 2.56. The van der Waals surface area contributed by atoms with Crippen LogP contribution in [-0.2, 0) is 0 Å². The summed E-state index contributed by atoms with van der Waals surface area (Å²) in [5.74, 6) is 1.71. The molecule has 1 fully saturated rings. The van der Waals surface area contributed by atoms with Gasteiger partial charge in [-0.3, -0.25) is 0 Å². The summed E-state index contributed by atoms with van der Waals surface area (Å²) < 4.78 is 0. The van der Waals surface area contributed by atoms with Crippen molar-refractivity contribution in [1.82, 2.24) is 14.9 Å². The van der Waals surface area contributed by atoms with Crippen LogP contribution >= 0.6 is 0 Å². The Morgan fingerprint density at radius 2 is 1.82 bits per heavy atom. The predicted octanol–water partition coefficient (Wildman–Crippen LogP) is 3.43. The summed E-state index contributed by atoms with van der Waals surface area (Å²) in [5, 5.41) is 3.57. The van der Waals surface area contributed by atoms with Gasteiger partial charge in [-0.05, 0) is 32.8 Å². The highest BCUT2D eigenvalue weighted by atomic mass is 15.2. The molecule has 1 aliphatic heterocycles. The second-order valence-corrected chi connectivity index (χ2v) is 6.18. The van der Waals surface area contributed by atoms with E-state index >= 15 is 0 Å². The number of hydrogen-bond donors (Lipinski definition) is 1. The minimum absolute atomic E-state index is 0.508. The third-order valence-electron chi connectivity index (χ3n) is 4.30. The molecule has 2 aromatic rings. The highest BCUT2D eigenvalue weighted by molar-refractivity contribution is 5.56. The van der Waals surface area contributed by atoms with Crippen molar-refractivity contribution in [1.29, 1.82) is 0 Å². The molecule has 22 heavy (non-hydrogen) atoms. The molecule has 4 heteroatoms. The van der Waals surface area contributed by atoms with E-state index in [1.54, 1.807) is 0 Å². The molecule has 1 N–H and O–H groups in total. The normalized spacial score (nSPS) is 16.9. The Morgan fingerprint density at radius 3 is 2.50 bits per heavy atom. The first-order valence-electron chi connectivity index (χ1n) is 8.11. The summed E-state index contributed by atoms with van der Waals surface area (Å²) in [5.41, 5.74) is 1.06. The number of rotatable bonds is 4. The highest BCUT2D eigenvalue weighted by Crippen LogP contribution is 2.19. The molecule has 0 radical (unpaired) electrons. The molecule has 116 valence electrons. The van der Waals surface area contributed by atoms with Crippen molar-refractivity contribution in [2.75, 3.05) is 18.4 Å². The van der Waals surface area contributed by atoms with Crippen LogP contribution in [-0.4, -0.2) is 40.0 Å². The van der Waals surface area contributed by atoms with Gasteiger partial charge in [-0.1, -0.05) is 30.3 Å². The number of anilines is 1. The van der Waals surface area contributed by atoms with E-state index in [-0.39, 0.29) is 0 Å². The lowest BCUT2D eigenvalue weighted by molar-refractivity contribution is 0.177. The molecule has 0 bridgehead atoms. The summed E-state index contributed by atoms with van der Waals surface area (Å²) in [4.78, 5) is 11.6. The summed E-state index contributed by atoms with van der Waals surface area (Å²) in [6, 6.07) is 13.2. The fraction of sp³-hybridized carbons (Fsp3) is 0.444. The van der Waals surface area contributed by atoms with E-state index in [1.165, 1.54) is 12.8 Å². The molecule has 4 nitrogen and oxygen atoms in total. The molecule has 0 amide bonds. The molecule has 0 spiro atoms. The Morgan fingerprint density at radius 1 is 1.09 bits per heavy atom. The van der Waals surface area contributed by atoms with Gasteiger partial charge in [-0.2, -0.15) is 0 Å². The maximum atomic E-state index is 4.66. The molecule has 1 aromatic heterocycles. The highest BCUT2D eigenvalue weighted by Gasteiger charge is 2.20. The van der Waals surface area contributed by atoms with Crippen molar-refractivity contribution >= 4 is 5.82 Å². The van der Waals surface area contributed by atoms with Crippen LogP contribution in [0, 0.1) is 0 Å². The molecule has 0 aliphatic carbocycles. The Bertz CT molecular complexity index is 589. The number of aromatic nitrogens is 2. The van der Waals surface area contributed by atoms with Gasteiger partial charge < -0.3 is 10.2 Å². The van der Waals surface area contributed by atoms with Crippen LogP contribution in [0.3, 0.4) is 0 Å². The maximum Gasteiger partial charge on any atom is 0.161 e. The number of hydrogen-bond acceptors (Lipinski definition) is 4. The molecule has 3 rings (SSSR count). The number of benzene rings is 1. The smallest absolute Gasteiger partial charge is 0.161 e. The largest absolute Gasteiger partial charge is 0.367 e. The van der Waals surface area contributed by atoms with E-state index in [0.29, 0.717) is 12.1 Å². The lowest BCUT2D eigenvalue weighted by atomic mass is 10.0. The molecule has 0 saturated carbocycles. The molecule has 2 heterocycles. The Labute approximate surface area is 132 Å². The number of nitrogens with zero attached hydrogens (tertiary/aromatic N) is 3. The zero-order valence-electron chi connectivity index (χ0n) is 13.4. The number of piperidine rings is 1. The molecule has 0 unspecified atom stereocenters. The second-order valence-electron chi connectivity index (χ2n) is 6.18. The minimum atomic E-state index is 0.508. The van der Waals surface area contributed by atoms with Crippen LogP contribution in [0.5, 0.6) is 0 Å². The zero-order valence-corrected chi connectivity index (χ0v) is 13.4. The average molecular weight is 296 g/mol. The third-order valence-corrected chi connectivity index (χ3v) is 4.30. The fourth-order valence-corrected chi connectivity index (χ4v) is 2.93. The zero-order chi connectivity index (χ0) is 15.4. The molecule has 1 aromatic carbocycles. The van der Waals surface area contributed by atoms with Crippen LogP contribution in [0.25, 0.3) is 11.4 Å². The van der Waals surface area contributed by atoms with Gasteiger partial charge >= 0.3 is 0 Å². The lowest BCUT2D eigenvalue weighted by Gasteiger charge is -2.35. The first-order chi connectivity index (χ1) is 10.7. The van der Waals surface area contributed by atoms with E-state index in [9.17, 15) is 0 Å². The van der Waals surface area contributed by atoms with E-state index in [1.807, 2.05) is 42.6 Å². The van der Waals surface area contributed by atoms with E-state index in [0.717, 1.165) is 30.3 Å². The van der Waals surface area contributed by atoms with Crippen LogP contribution in [0.1, 0.15) is 26.7 Å². The van der Waals surface area contributed by atoms with Crippen molar-refractivity contribution in [3.05, 3.63) is 42.6 Å². The van der Waals surface area contributed by atoms with E-state index in [4.69, 9.17) is 0 Å². The first-order valence-corrected chi connectivity index (χ1v) is 8.11. The van der Waals surface area contributed by atoms with Gasteiger partial charge in [-0.25, -0.2) is 9.97 Å². The van der Waals surface area contributed by atoms with Crippen molar-refractivity contribution in [3.8, 4) is 11.4 Å². The fourth-order valence-electron chi connectivity index (χ4n) is 2.93. The first kappa shape index (κ1) is 15.0. The number of likely N-dealkylation sites (tertiary alicyclic amines) is 1. The van der Waals surface area contributed by atoms with Crippen LogP contribution in [0.4, 0.5) is 5.82 Å². The van der Waals surface area contributed by atoms with E-state index in [2.05, 4.69) is 34.0 Å².